The standard InChI is InChI=1S/C8H6N2O3.CH4O/c11-10(12)9-6-5-7-3-1-2-4-8(7)13-9;1-2/h1-6H;2H,1H3. The minimum atomic E-state index is -0.632. The second-order valence-corrected chi connectivity index (χ2v) is 2.49. The van der Waals surface area contributed by atoms with Crippen LogP contribution in [0.1, 0.15) is 5.56 Å². The summed E-state index contributed by atoms with van der Waals surface area (Å²) in [6.07, 6.45) is 2.89. The fraction of sp³-hybridized carbons (Fsp3) is 0.111. The third-order valence-corrected chi connectivity index (χ3v) is 1.65. The van der Waals surface area contributed by atoms with Crippen molar-refractivity contribution in [1.82, 2.24) is 5.17 Å². The first kappa shape index (κ1) is 11.0. The van der Waals surface area contributed by atoms with Gasteiger partial charge in [-0.1, -0.05) is 18.2 Å². The van der Waals surface area contributed by atoms with Gasteiger partial charge in [0.05, 0.1) is 5.17 Å². The first-order valence-electron chi connectivity index (χ1n) is 4.11. The smallest absolute Gasteiger partial charge is 0.201 e. The van der Waals surface area contributed by atoms with Crippen molar-refractivity contribution in [1.29, 1.82) is 0 Å². The summed E-state index contributed by atoms with van der Waals surface area (Å²) in [5, 5.41) is 17.3. The number of aliphatic hydroxyl groups is 1. The normalized spacial score (nSPS) is 12.0. The molecule has 0 saturated heterocycles. The van der Waals surface area contributed by atoms with Gasteiger partial charge in [-0.15, -0.1) is 0 Å². The van der Waals surface area contributed by atoms with Gasteiger partial charge in [0.15, 0.2) is 5.75 Å². The van der Waals surface area contributed by atoms with Crippen LogP contribution >= 0.6 is 0 Å². The van der Waals surface area contributed by atoms with Gasteiger partial charge in [-0.2, -0.15) is 0 Å². The molecule has 1 aromatic carbocycles. The molecule has 0 fully saturated rings. The summed E-state index contributed by atoms with van der Waals surface area (Å²) in [6, 6.07) is 7.10. The molecule has 0 radical (unpaired) electrons. The van der Waals surface area contributed by atoms with Crippen molar-refractivity contribution in [3.8, 4) is 5.75 Å². The molecule has 0 spiro atoms. The molecule has 0 amide bonds. The maximum atomic E-state index is 10.3. The van der Waals surface area contributed by atoms with Crippen molar-refractivity contribution in [2.24, 2.45) is 0 Å². The van der Waals surface area contributed by atoms with Crippen LogP contribution in [0.2, 0.25) is 0 Å². The number of hydrazine groups is 1. The molecule has 0 bridgehead atoms. The molecule has 1 aromatic rings. The van der Waals surface area contributed by atoms with E-state index in [1.165, 1.54) is 6.20 Å². The Balaban J connectivity index is 0.000000531. The quantitative estimate of drug-likeness (QED) is 0.554. The fourth-order valence-corrected chi connectivity index (χ4v) is 1.06. The van der Waals surface area contributed by atoms with Gasteiger partial charge in [0.1, 0.15) is 6.20 Å². The molecule has 2 rings (SSSR count). The molecule has 1 N–H and O–H groups in total. The van der Waals surface area contributed by atoms with E-state index in [1.807, 2.05) is 12.1 Å². The monoisotopic (exact) mass is 210 g/mol. The number of fused-ring (bicyclic) bond motifs is 1. The average molecular weight is 210 g/mol. The number of hydrogen-bond acceptors (Lipinski definition) is 4. The lowest BCUT2D eigenvalue weighted by Crippen LogP contribution is -2.29. The molecular formula is C9H10N2O4. The number of rotatable bonds is 1. The number of aliphatic hydroxyl groups excluding tert-OH is 1. The second kappa shape index (κ2) is 4.97. The Bertz CT molecular complexity index is 378. The van der Waals surface area contributed by atoms with Crippen molar-refractivity contribution in [2.75, 3.05) is 7.11 Å². The lowest BCUT2D eigenvalue weighted by atomic mass is 10.2. The summed E-state index contributed by atoms with van der Waals surface area (Å²) >= 11 is 0. The molecule has 0 saturated carbocycles. The number of hydroxylamine groups is 1. The van der Waals surface area contributed by atoms with E-state index in [-0.39, 0.29) is 0 Å². The number of benzene rings is 1. The van der Waals surface area contributed by atoms with Gasteiger partial charge in [-0.25, -0.2) is 10.1 Å². The van der Waals surface area contributed by atoms with E-state index in [1.54, 1.807) is 18.2 Å². The minimum absolute atomic E-state index is 0.488. The Kier molecular flexibility index (Phi) is 3.64. The zero-order valence-corrected chi connectivity index (χ0v) is 8.03. The van der Waals surface area contributed by atoms with Crippen molar-refractivity contribution < 1.29 is 15.0 Å². The minimum Gasteiger partial charge on any atom is -0.400 e. The number of nitrogens with zero attached hydrogens (tertiary/aromatic N) is 2. The third kappa shape index (κ3) is 2.44. The summed E-state index contributed by atoms with van der Waals surface area (Å²) < 4.78 is 0. The third-order valence-electron chi connectivity index (χ3n) is 1.65. The van der Waals surface area contributed by atoms with Gasteiger partial charge in [-0.3, -0.25) is 0 Å². The highest BCUT2D eigenvalue weighted by atomic mass is 16.8. The fourth-order valence-electron chi connectivity index (χ4n) is 1.06. The molecule has 1 aliphatic rings. The van der Waals surface area contributed by atoms with Gasteiger partial charge in [0.2, 0.25) is 5.03 Å². The van der Waals surface area contributed by atoms with Gasteiger partial charge in [0, 0.05) is 12.7 Å². The van der Waals surface area contributed by atoms with E-state index in [9.17, 15) is 10.1 Å². The highest BCUT2D eigenvalue weighted by Crippen LogP contribution is 2.24. The SMILES string of the molecule is CO.O=[N+]([O-])N1C=Cc2ccccc2O1. The summed E-state index contributed by atoms with van der Waals surface area (Å²) in [7, 11) is 1.00. The van der Waals surface area contributed by atoms with Gasteiger partial charge in [-0.05, 0) is 12.1 Å². The van der Waals surface area contributed by atoms with Crippen LogP contribution in [0.4, 0.5) is 0 Å². The van der Waals surface area contributed by atoms with Crippen molar-refractivity contribution in [3.63, 3.8) is 0 Å². The Morgan fingerprint density at radius 3 is 2.73 bits per heavy atom. The molecule has 0 atom stereocenters. The maximum Gasteiger partial charge on any atom is 0.201 e. The zero-order chi connectivity index (χ0) is 11.3. The van der Waals surface area contributed by atoms with Crippen molar-refractivity contribution in [2.45, 2.75) is 0 Å². The number of hydrogen-bond donors (Lipinski definition) is 1. The van der Waals surface area contributed by atoms with Crippen LogP contribution in [0, 0.1) is 10.1 Å². The summed E-state index contributed by atoms with van der Waals surface area (Å²) in [4.78, 5) is 15.3. The Morgan fingerprint density at radius 1 is 1.40 bits per heavy atom. The summed E-state index contributed by atoms with van der Waals surface area (Å²) in [5.74, 6) is 0.488. The number of para-hydroxylation sites is 1. The molecule has 15 heavy (non-hydrogen) atoms. The first-order valence-corrected chi connectivity index (χ1v) is 4.11. The van der Waals surface area contributed by atoms with E-state index in [4.69, 9.17) is 9.94 Å². The van der Waals surface area contributed by atoms with E-state index in [0.29, 0.717) is 10.9 Å². The molecule has 0 aliphatic carbocycles. The van der Waals surface area contributed by atoms with E-state index in [0.717, 1.165) is 12.7 Å². The molecule has 1 aliphatic heterocycles. The lowest BCUT2D eigenvalue weighted by Gasteiger charge is -2.15. The predicted octanol–water partition coefficient (Wildman–Crippen LogP) is 1.07. The molecule has 6 heteroatoms. The molecule has 80 valence electrons. The van der Waals surface area contributed by atoms with Crippen LogP contribution in [-0.4, -0.2) is 22.4 Å². The Hall–Kier alpha value is -2.08. The zero-order valence-electron chi connectivity index (χ0n) is 8.03. The molecule has 6 nitrogen and oxygen atoms in total. The molecule has 0 aromatic heterocycles. The highest BCUT2D eigenvalue weighted by molar-refractivity contribution is 5.57. The topological polar surface area (TPSA) is 75.8 Å². The highest BCUT2D eigenvalue weighted by Gasteiger charge is 2.18. The second-order valence-electron chi connectivity index (χ2n) is 2.49. The van der Waals surface area contributed by atoms with Gasteiger partial charge < -0.3 is 9.94 Å². The van der Waals surface area contributed by atoms with E-state index < -0.39 is 5.03 Å². The Morgan fingerprint density at radius 2 is 2.07 bits per heavy atom. The summed E-state index contributed by atoms with van der Waals surface area (Å²) in [6.45, 7) is 0. The van der Waals surface area contributed by atoms with Gasteiger partial charge in [0.25, 0.3) is 0 Å². The van der Waals surface area contributed by atoms with E-state index >= 15 is 0 Å². The molecule has 1 heterocycles. The van der Waals surface area contributed by atoms with E-state index in [2.05, 4.69) is 0 Å². The number of nitro groups is 1. The van der Waals surface area contributed by atoms with Gasteiger partial charge >= 0.3 is 0 Å². The largest absolute Gasteiger partial charge is 0.400 e. The van der Waals surface area contributed by atoms with Crippen LogP contribution in [-0.2, 0) is 0 Å². The van der Waals surface area contributed by atoms with Crippen LogP contribution < -0.4 is 4.84 Å². The lowest BCUT2D eigenvalue weighted by molar-refractivity contribution is -0.700. The van der Waals surface area contributed by atoms with Crippen LogP contribution in [0.3, 0.4) is 0 Å². The van der Waals surface area contributed by atoms with Crippen LogP contribution in [0.25, 0.3) is 6.08 Å². The van der Waals surface area contributed by atoms with Crippen molar-refractivity contribution >= 4 is 6.08 Å². The first-order chi connectivity index (χ1) is 7.27. The average Bonchev–Trinajstić information content (AvgIpc) is 2.31. The Labute approximate surface area is 86.1 Å². The predicted molar refractivity (Wildman–Crippen MR) is 53.1 cm³/mol. The maximum absolute atomic E-state index is 10.3. The van der Waals surface area contributed by atoms with Crippen molar-refractivity contribution in [3.05, 3.63) is 46.1 Å². The molecular weight excluding hydrogens is 200 g/mol. The van der Waals surface area contributed by atoms with Crippen LogP contribution in [0.15, 0.2) is 30.5 Å². The summed E-state index contributed by atoms with van der Waals surface area (Å²) in [5.41, 5.74) is 0.834. The molecule has 0 unspecified atom stereocenters. The van der Waals surface area contributed by atoms with Crippen LogP contribution in [0.5, 0.6) is 5.75 Å².